The van der Waals surface area contributed by atoms with Crippen LogP contribution in [0.3, 0.4) is 0 Å². The van der Waals surface area contributed by atoms with Crippen molar-refractivity contribution < 1.29 is 8.78 Å². The second-order valence-corrected chi connectivity index (χ2v) is 11.1. The van der Waals surface area contributed by atoms with E-state index in [1.807, 2.05) is 24.5 Å². The number of H-pyrrole nitrogens is 2. The maximum Gasteiger partial charge on any atom is 0.261 e. The van der Waals surface area contributed by atoms with Crippen LogP contribution in [0.15, 0.2) is 61.3 Å². The Morgan fingerprint density at radius 3 is 2.68 bits per heavy atom. The van der Waals surface area contributed by atoms with Crippen molar-refractivity contribution in [2.24, 2.45) is 0 Å². The summed E-state index contributed by atoms with van der Waals surface area (Å²) in [6, 6.07) is 10.4. The summed E-state index contributed by atoms with van der Waals surface area (Å²) in [5.74, 6) is -2.61. The number of likely N-dealkylation sites (tertiary alicyclic amines) is 1. The number of halogens is 2. The highest BCUT2D eigenvalue weighted by Crippen LogP contribution is 2.36. The molecule has 7 rings (SSSR count). The van der Waals surface area contributed by atoms with Crippen LogP contribution < -0.4 is 0 Å². The van der Waals surface area contributed by atoms with Gasteiger partial charge in [0.25, 0.3) is 5.92 Å². The highest BCUT2D eigenvalue weighted by atomic mass is 32.1. The van der Waals surface area contributed by atoms with Crippen molar-refractivity contribution in [1.82, 2.24) is 35.0 Å². The number of rotatable bonds is 5. The Bertz CT molecular complexity index is 1800. The van der Waals surface area contributed by atoms with Gasteiger partial charge in [-0.25, -0.2) is 13.8 Å². The van der Waals surface area contributed by atoms with Gasteiger partial charge in [-0.3, -0.25) is 20.0 Å². The maximum atomic E-state index is 13.6. The number of aryl methyl sites for hydroxylation is 1. The first-order chi connectivity index (χ1) is 18.4. The Kier molecular flexibility index (Phi) is 5.34. The minimum Gasteiger partial charge on any atom is -0.352 e. The van der Waals surface area contributed by atoms with E-state index < -0.39 is 5.92 Å². The van der Waals surface area contributed by atoms with Gasteiger partial charge in [0.15, 0.2) is 5.65 Å². The largest absolute Gasteiger partial charge is 0.352 e. The Morgan fingerprint density at radius 1 is 1.00 bits per heavy atom. The van der Waals surface area contributed by atoms with Crippen molar-refractivity contribution in [1.29, 1.82) is 0 Å². The molecule has 7 nitrogen and oxygen atoms in total. The van der Waals surface area contributed by atoms with Crippen LogP contribution in [-0.2, 0) is 6.54 Å². The lowest BCUT2D eigenvalue weighted by Crippen LogP contribution is -2.24. The van der Waals surface area contributed by atoms with E-state index in [1.165, 1.54) is 9.75 Å². The van der Waals surface area contributed by atoms with Gasteiger partial charge in [-0.15, -0.1) is 11.3 Å². The number of nitrogens with one attached hydrogen (secondary N) is 2. The molecule has 6 aromatic rings. The lowest BCUT2D eigenvalue weighted by molar-refractivity contribution is 0.0115. The highest BCUT2D eigenvalue weighted by molar-refractivity contribution is 7.15. The molecule has 6 aromatic heterocycles. The normalized spacial score (nSPS) is 15.7. The molecule has 0 amide bonds. The van der Waals surface area contributed by atoms with Gasteiger partial charge in [-0.05, 0) is 42.8 Å². The minimum atomic E-state index is -2.61. The first-order valence-corrected chi connectivity index (χ1v) is 13.2. The Hall–Kier alpha value is -4.02. The van der Waals surface area contributed by atoms with Gasteiger partial charge in [0.05, 0.1) is 24.0 Å². The Labute approximate surface area is 220 Å². The molecule has 1 aliphatic heterocycles. The van der Waals surface area contributed by atoms with Gasteiger partial charge in [-0.2, -0.15) is 5.10 Å². The van der Waals surface area contributed by atoms with Crippen LogP contribution in [0.2, 0.25) is 0 Å². The predicted molar refractivity (Wildman–Crippen MR) is 145 cm³/mol. The maximum absolute atomic E-state index is 13.6. The monoisotopic (exact) mass is 527 g/mol. The lowest BCUT2D eigenvalue weighted by Gasteiger charge is -2.15. The molecule has 1 aliphatic rings. The first-order valence-electron chi connectivity index (χ1n) is 12.3. The summed E-state index contributed by atoms with van der Waals surface area (Å²) < 4.78 is 27.3. The fourth-order valence-electron chi connectivity index (χ4n) is 5.15. The molecule has 0 radical (unpaired) electrons. The van der Waals surface area contributed by atoms with Crippen molar-refractivity contribution in [3.63, 3.8) is 0 Å². The van der Waals surface area contributed by atoms with Crippen LogP contribution in [0.1, 0.15) is 16.9 Å². The molecule has 0 saturated carbocycles. The second-order valence-electron chi connectivity index (χ2n) is 9.83. The van der Waals surface area contributed by atoms with E-state index >= 15 is 0 Å². The third kappa shape index (κ3) is 4.15. The number of alkyl halides is 2. The molecular formula is C28H23F2N7S. The molecule has 1 fully saturated rings. The summed E-state index contributed by atoms with van der Waals surface area (Å²) in [6.45, 7) is 2.72. The number of hydrogen-bond acceptors (Lipinski definition) is 6. The first kappa shape index (κ1) is 23.1. The van der Waals surface area contributed by atoms with Crippen LogP contribution in [0.25, 0.3) is 54.9 Å². The molecule has 0 aromatic carbocycles. The van der Waals surface area contributed by atoms with Crippen LogP contribution in [0.5, 0.6) is 0 Å². The zero-order chi connectivity index (χ0) is 25.9. The minimum absolute atomic E-state index is 0.0950. The summed E-state index contributed by atoms with van der Waals surface area (Å²) in [5, 5.41) is 9.57. The van der Waals surface area contributed by atoms with Gasteiger partial charge in [0.1, 0.15) is 5.69 Å². The van der Waals surface area contributed by atoms with Crippen molar-refractivity contribution in [2.45, 2.75) is 25.8 Å². The van der Waals surface area contributed by atoms with E-state index in [0.29, 0.717) is 18.7 Å². The Balaban J connectivity index is 1.24. The van der Waals surface area contributed by atoms with Crippen molar-refractivity contribution >= 4 is 33.3 Å². The van der Waals surface area contributed by atoms with E-state index in [2.05, 4.69) is 55.3 Å². The predicted octanol–water partition coefficient (Wildman–Crippen LogP) is 6.44. The molecule has 0 aliphatic carbocycles. The van der Waals surface area contributed by atoms with E-state index in [0.717, 1.165) is 49.9 Å². The third-order valence-electron chi connectivity index (χ3n) is 7.01. The van der Waals surface area contributed by atoms with Crippen molar-refractivity contribution in [3.8, 4) is 33.0 Å². The SMILES string of the molecule is Cc1ccc(-c2cncc3[nH]c(-c4n[nH]c5ncc(-c6cncc(CN7CCC(F)(F)C7)c6)cc45)cc23)s1. The molecule has 190 valence electrons. The standard InChI is InChI=1S/C28H23F2N7S/c1-16-2-3-25(38-16)22-12-32-13-24-20(22)8-23(34-24)26-21-7-19(11-33-27(21)36-35-26)18-6-17(9-31-10-18)14-37-5-4-28(29,30)15-37/h2-3,6-13,34H,4-5,14-15H2,1H3,(H,33,35,36). The van der Waals surface area contributed by atoms with E-state index in [1.54, 1.807) is 34.8 Å². The van der Waals surface area contributed by atoms with Gasteiger partial charge >= 0.3 is 0 Å². The van der Waals surface area contributed by atoms with E-state index in [9.17, 15) is 8.78 Å². The molecule has 10 heteroatoms. The van der Waals surface area contributed by atoms with Crippen LogP contribution in [0.4, 0.5) is 8.78 Å². The molecule has 0 bridgehead atoms. The summed E-state index contributed by atoms with van der Waals surface area (Å²) in [7, 11) is 0. The van der Waals surface area contributed by atoms with Crippen molar-refractivity contribution in [3.05, 3.63) is 71.8 Å². The quantitative estimate of drug-likeness (QED) is 0.269. The number of thiophene rings is 1. The molecule has 1 saturated heterocycles. The van der Waals surface area contributed by atoms with Gasteiger partial charge in [0, 0.05) is 81.5 Å². The molecule has 0 spiro atoms. The van der Waals surface area contributed by atoms with E-state index in [4.69, 9.17) is 0 Å². The van der Waals surface area contributed by atoms with Crippen molar-refractivity contribution in [2.75, 3.05) is 13.1 Å². The number of pyridine rings is 3. The summed E-state index contributed by atoms with van der Waals surface area (Å²) >= 11 is 1.74. The zero-order valence-corrected chi connectivity index (χ0v) is 21.3. The number of aromatic amines is 2. The van der Waals surface area contributed by atoms with Crippen LogP contribution >= 0.6 is 11.3 Å². The van der Waals surface area contributed by atoms with Gasteiger partial charge in [-0.1, -0.05) is 0 Å². The average Bonchev–Trinajstić information content (AvgIpc) is 3.69. The molecule has 0 atom stereocenters. The zero-order valence-electron chi connectivity index (χ0n) is 20.5. The number of aromatic nitrogens is 6. The molecule has 38 heavy (non-hydrogen) atoms. The van der Waals surface area contributed by atoms with Crippen LogP contribution in [-0.4, -0.2) is 54.0 Å². The number of nitrogens with zero attached hydrogens (tertiary/aromatic N) is 5. The average molecular weight is 528 g/mol. The van der Waals surface area contributed by atoms with Gasteiger partial charge < -0.3 is 4.98 Å². The molecule has 0 unspecified atom stereocenters. The smallest absolute Gasteiger partial charge is 0.261 e. The highest BCUT2D eigenvalue weighted by Gasteiger charge is 2.37. The summed E-state index contributed by atoms with van der Waals surface area (Å²) in [5.41, 5.74) is 7.00. The molecule has 7 heterocycles. The van der Waals surface area contributed by atoms with E-state index in [-0.39, 0.29) is 13.0 Å². The fourth-order valence-corrected chi connectivity index (χ4v) is 6.04. The fraction of sp³-hybridized carbons (Fsp3) is 0.214. The van der Waals surface area contributed by atoms with Gasteiger partial charge in [0.2, 0.25) is 0 Å². The van der Waals surface area contributed by atoms with Crippen LogP contribution in [0, 0.1) is 6.92 Å². The lowest BCUT2D eigenvalue weighted by atomic mass is 10.1. The second kappa shape index (κ2) is 8.78. The summed E-state index contributed by atoms with van der Waals surface area (Å²) in [6.07, 6.45) is 8.92. The number of hydrogen-bond donors (Lipinski definition) is 2. The topological polar surface area (TPSA) is 86.4 Å². The molecule has 2 N–H and O–H groups in total. The Morgan fingerprint density at radius 2 is 1.87 bits per heavy atom. The molecular weight excluding hydrogens is 504 g/mol. The number of fused-ring (bicyclic) bond motifs is 2. The third-order valence-corrected chi connectivity index (χ3v) is 8.04. The summed E-state index contributed by atoms with van der Waals surface area (Å²) in [4.78, 5) is 21.1.